The maximum absolute atomic E-state index is 11.9. The second-order valence-corrected chi connectivity index (χ2v) is 5.42. The van der Waals surface area contributed by atoms with Gasteiger partial charge in [-0.3, -0.25) is 4.79 Å². The van der Waals surface area contributed by atoms with Crippen LogP contribution in [0.2, 0.25) is 0 Å². The van der Waals surface area contributed by atoms with Gasteiger partial charge in [0.05, 0.1) is 13.0 Å². The summed E-state index contributed by atoms with van der Waals surface area (Å²) in [6.45, 7) is 5.30. The molecule has 0 aromatic heterocycles. The molecule has 0 aliphatic heterocycles. The number of nitrogens with two attached hydrogens (primary N) is 1. The van der Waals surface area contributed by atoms with Crippen molar-refractivity contribution in [3.8, 4) is 5.75 Å². The molecule has 4 heteroatoms. The van der Waals surface area contributed by atoms with Gasteiger partial charge in [0.2, 0.25) is 5.91 Å². The summed E-state index contributed by atoms with van der Waals surface area (Å²) < 4.78 is 5.52. The molecule has 0 spiro atoms. The van der Waals surface area contributed by atoms with Crippen LogP contribution in [0.5, 0.6) is 5.75 Å². The number of carbonyl (C=O) groups excluding carboxylic acids is 1. The van der Waals surface area contributed by atoms with Crippen LogP contribution in [-0.2, 0) is 4.79 Å². The Balaban J connectivity index is 2.21. The first kappa shape index (κ1) is 16.5. The van der Waals surface area contributed by atoms with Crippen molar-refractivity contribution in [1.82, 2.24) is 4.90 Å². The second kappa shape index (κ2) is 8.59. The van der Waals surface area contributed by atoms with Gasteiger partial charge in [0, 0.05) is 19.6 Å². The average molecular weight is 278 g/mol. The zero-order chi connectivity index (χ0) is 15.0. The fourth-order valence-electron chi connectivity index (χ4n) is 1.76. The Kier molecular flexibility index (Phi) is 7.09. The van der Waals surface area contributed by atoms with Crippen molar-refractivity contribution in [3.05, 3.63) is 30.3 Å². The van der Waals surface area contributed by atoms with E-state index in [9.17, 15) is 4.79 Å². The predicted octanol–water partition coefficient (Wildman–Crippen LogP) is 2.29. The largest absolute Gasteiger partial charge is 0.493 e. The molecule has 1 amide bonds. The molecular formula is C16H26N2O2. The highest BCUT2D eigenvalue weighted by Crippen LogP contribution is 2.09. The summed E-state index contributed by atoms with van der Waals surface area (Å²) in [6, 6.07) is 9.67. The summed E-state index contributed by atoms with van der Waals surface area (Å²) >= 11 is 0. The molecule has 1 aromatic carbocycles. The van der Waals surface area contributed by atoms with Crippen LogP contribution in [-0.4, -0.2) is 37.0 Å². The molecule has 1 atom stereocenters. The molecule has 1 rings (SSSR count). The highest BCUT2D eigenvalue weighted by atomic mass is 16.5. The molecule has 0 saturated carbocycles. The maximum atomic E-state index is 11.9. The second-order valence-electron chi connectivity index (χ2n) is 5.42. The van der Waals surface area contributed by atoms with Crippen molar-refractivity contribution in [1.29, 1.82) is 0 Å². The molecule has 0 bridgehead atoms. The van der Waals surface area contributed by atoms with E-state index in [4.69, 9.17) is 10.5 Å². The predicted molar refractivity (Wildman–Crippen MR) is 81.6 cm³/mol. The van der Waals surface area contributed by atoms with E-state index in [1.165, 1.54) is 0 Å². The summed E-state index contributed by atoms with van der Waals surface area (Å²) in [6.07, 6.45) is 1.22. The quantitative estimate of drug-likeness (QED) is 0.793. The minimum Gasteiger partial charge on any atom is -0.493 e. The van der Waals surface area contributed by atoms with Gasteiger partial charge in [0.1, 0.15) is 5.75 Å². The minimum atomic E-state index is 0.0943. The fourth-order valence-corrected chi connectivity index (χ4v) is 1.76. The van der Waals surface area contributed by atoms with Gasteiger partial charge in [-0.15, -0.1) is 0 Å². The summed E-state index contributed by atoms with van der Waals surface area (Å²) in [5.41, 5.74) is 5.98. The van der Waals surface area contributed by atoms with Crippen LogP contribution in [0, 0.1) is 5.92 Å². The topological polar surface area (TPSA) is 55.6 Å². The molecule has 4 nitrogen and oxygen atoms in total. The molecule has 2 N–H and O–H groups in total. The summed E-state index contributed by atoms with van der Waals surface area (Å²) in [5.74, 6) is 1.33. The van der Waals surface area contributed by atoms with Crippen LogP contribution >= 0.6 is 0 Å². The molecular weight excluding hydrogens is 252 g/mol. The normalized spacial score (nSPS) is 12.2. The minimum absolute atomic E-state index is 0.0943. The van der Waals surface area contributed by atoms with Crippen LogP contribution in [0.3, 0.4) is 0 Å². The molecule has 0 heterocycles. The van der Waals surface area contributed by atoms with Crippen molar-refractivity contribution in [3.63, 3.8) is 0 Å². The number of benzene rings is 1. The average Bonchev–Trinajstić information content (AvgIpc) is 2.45. The lowest BCUT2D eigenvalue weighted by Crippen LogP contribution is -2.35. The van der Waals surface area contributed by atoms with Gasteiger partial charge >= 0.3 is 0 Å². The van der Waals surface area contributed by atoms with Crippen molar-refractivity contribution in [2.75, 3.05) is 20.2 Å². The number of para-hydroxylation sites is 1. The lowest BCUT2D eigenvalue weighted by molar-refractivity contribution is -0.130. The van der Waals surface area contributed by atoms with E-state index >= 15 is 0 Å². The number of carbonyl (C=O) groups is 1. The van der Waals surface area contributed by atoms with E-state index in [0.717, 1.165) is 12.2 Å². The number of rotatable bonds is 8. The van der Waals surface area contributed by atoms with Crippen LogP contribution in [0.25, 0.3) is 0 Å². The lowest BCUT2D eigenvalue weighted by atomic mass is 10.0. The molecule has 0 saturated heterocycles. The van der Waals surface area contributed by atoms with E-state index < -0.39 is 0 Å². The monoisotopic (exact) mass is 278 g/mol. The molecule has 0 aliphatic rings. The standard InChI is InChI=1S/C16H26N2O2/c1-13(2)15(17)9-11-18(3)16(19)10-12-20-14-7-5-4-6-8-14/h4-8,13,15H,9-12,17H2,1-3H3. The van der Waals surface area contributed by atoms with Gasteiger partial charge in [-0.25, -0.2) is 0 Å². The Labute approximate surface area is 121 Å². The fraction of sp³-hybridized carbons (Fsp3) is 0.562. The van der Waals surface area contributed by atoms with E-state index in [-0.39, 0.29) is 11.9 Å². The third kappa shape index (κ3) is 6.06. The van der Waals surface area contributed by atoms with Crippen LogP contribution in [0.15, 0.2) is 30.3 Å². The van der Waals surface area contributed by atoms with Crippen molar-refractivity contribution in [2.24, 2.45) is 11.7 Å². The molecule has 20 heavy (non-hydrogen) atoms. The Morgan fingerprint density at radius 3 is 2.55 bits per heavy atom. The van der Waals surface area contributed by atoms with E-state index in [1.807, 2.05) is 37.4 Å². The van der Waals surface area contributed by atoms with Gasteiger partial charge in [0.15, 0.2) is 0 Å². The Morgan fingerprint density at radius 1 is 1.30 bits per heavy atom. The van der Waals surface area contributed by atoms with Gasteiger partial charge in [-0.05, 0) is 24.5 Å². The maximum Gasteiger partial charge on any atom is 0.225 e. The number of nitrogens with zero attached hydrogens (tertiary/aromatic N) is 1. The van der Waals surface area contributed by atoms with Crippen LogP contribution in [0.1, 0.15) is 26.7 Å². The van der Waals surface area contributed by atoms with Crippen molar-refractivity contribution < 1.29 is 9.53 Å². The van der Waals surface area contributed by atoms with Crippen molar-refractivity contribution in [2.45, 2.75) is 32.7 Å². The van der Waals surface area contributed by atoms with Gasteiger partial charge < -0.3 is 15.4 Å². The first-order valence-corrected chi connectivity index (χ1v) is 7.18. The molecule has 1 aromatic rings. The molecule has 1 unspecified atom stereocenters. The Hall–Kier alpha value is -1.55. The first-order valence-electron chi connectivity index (χ1n) is 7.18. The van der Waals surface area contributed by atoms with Crippen LogP contribution in [0.4, 0.5) is 0 Å². The number of ether oxygens (including phenoxy) is 1. The van der Waals surface area contributed by atoms with E-state index in [2.05, 4.69) is 13.8 Å². The summed E-state index contributed by atoms with van der Waals surface area (Å²) in [4.78, 5) is 13.7. The zero-order valence-electron chi connectivity index (χ0n) is 12.7. The third-order valence-electron chi connectivity index (χ3n) is 3.41. The third-order valence-corrected chi connectivity index (χ3v) is 3.41. The first-order chi connectivity index (χ1) is 9.50. The summed E-state index contributed by atoms with van der Waals surface area (Å²) in [7, 11) is 1.82. The molecule has 112 valence electrons. The zero-order valence-corrected chi connectivity index (χ0v) is 12.7. The number of amides is 1. The van der Waals surface area contributed by atoms with Gasteiger partial charge in [-0.2, -0.15) is 0 Å². The van der Waals surface area contributed by atoms with E-state index in [1.54, 1.807) is 4.90 Å². The Morgan fingerprint density at radius 2 is 1.95 bits per heavy atom. The van der Waals surface area contributed by atoms with Crippen LogP contribution < -0.4 is 10.5 Å². The number of hydrogen-bond acceptors (Lipinski definition) is 3. The molecule has 0 radical (unpaired) electrons. The SMILES string of the molecule is CC(C)C(N)CCN(C)C(=O)CCOc1ccccc1. The van der Waals surface area contributed by atoms with Crippen molar-refractivity contribution >= 4 is 5.91 Å². The van der Waals surface area contributed by atoms with Gasteiger partial charge in [0.25, 0.3) is 0 Å². The molecule has 0 fully saturated rings. The molecule has 0 aliphatic carbocycles. The lowest BCUT2D eigenvalue weighted by Gasteiger charge is -2.21. The highest BCUT2D eigenvalue weighted by Gasteiger charge is 2.12. The van der Waals surface area contributed by atoms with E-state index in [0.29, 0.717) is 25.5 Å². The number of hydrogen-bond donors (Lipinski definition) is 1. The van der Waals surface area contributed by atoms with Gasteiger partial charge in [-0.1, -0.05) is 32.0 Å². The smallest absolute Gasteiger partial charge is 0.225 e. The summed E-state index contributed by atoms with van der Waals surface area (Å²) in [5, 5.41) is 0. The Bertz CT molecular complexity index is 393. The highest BCUT2D eigenvalue weighted by molar-refractivity contribution is 5.75.